The molecule has 24 heavy (non-hydrogen) atoms. The van der Waals surface area contributed by atoms with E-state index in [1.807, 2.05) is 29.2 Å². The fraction of sp³-hybridized carbons (Fsp3) is 0.333. The normalized spacial score (nSPS) is 15.2. The summed E-state index contributed by atoms with van der Waals surface area (Å²) in [4.78, 5) is 18.0. The number of piperazine rings is 1. The predicted octanol–water partition coefficient (Wildman–Crippen LogP) is 3.32. The van der Waals surface area contributed by atoms with Crippen molar-refractivity contribution in [3.05, 3.63) is 52.2 Å². The highest BCUT2D eigenvalue weighted by Crippen LogP contribution is 2.24. The molecule has 2 heterocycles. The Bertz CT molecular complexity index is 716. The molecule has 1 aromatic heterocycles. The molecule has 2 aromatic rings. The second kappa shape index (κ2) is 8.34. The quantitative estimate of drug-likeness (QED) is 0.770. The van der Waals surface area contributed by atoms with Gasteiger partial charge in [0.2, 0.25) is 0 Å². The summed E-state index contributed by atoms with van der Waals surface area (Å²) in [5.74, 6) is 0.435. The molecule has 1 aromatic carbocycles. The van der Waals surface area contributed by atoms with Gasteiger partial charge in [0, 0.05) is 37.6 Å². The van der Waals surface area contributed by atoms with Gasteiger partial charge in [-0.1, -0.05) is 12.1 Å². The van der Waals surface area contributed by atoms with Crippen molar-refractivity contribution in [1.82, 2.24) is 9.80 Å². The maximum Gasteiger partial charge on any atom is 0.255 e. The van der Waals surface area contributed by atoms with Crippen LogP contribution in [0.4, 0.5) is 0 Å². The molecule has 124 valence electrons. The van der Waals surface area contributed by atoms with Crippen molar-refractivity contribution >= 4 is 29.0 Å². The third-order valence-corrected chi connectivity index (χ3v) is 5.73. The number of hydrogen-bond donors (Lipinski definition) is 0. The summed E-state index contributed by atoms with van der Waals surface area (Å²) in [6.07, 6.45) is 0. The van der Waals surface area contributed by atoms with Gasteiger partial charge in [0.25, 0.3) is 5.91 Å². The number of thiophene rings is 1. The Labute approximate surface area is 150 Å². The van der Waals surface area contributed by atoms with Gasteiger partial charge in [0.05, 0.1) is 17.4 Å². The number of hydrogen-bond acceptors (Lipinski definition) is 5. The highest BCUT2D eigenvalue weighted by Gasteiger charge is 2.23. The van der Waals surface area contributed by atoms with Gasteiger partial charge in [-0.05, 0) is 34.5 Å². The van der Waals surface area contributed by atoms with Crippen molar-refractivity contribution in [2.75, 3.05) is 31.9 Å². The van der Waals surface area contributed by atoms with Gasteiger partial charge in [-0.25, -0.2) is 0 Å². The van der Waals surface area contributed by atoms with Gasteiger partial charge < -0.3 is 4.90 Å². The summed E-state index contributed by atoms with van der Waals surface area (Å²) in [5.41, 5.74) is 2.06. The average molecular weight is 358 g/mol. The summed E-state index contributed by atoms with van der Waals surface area (Å²) in [6, 6.07) is 11.9. The highest BCUT2D eigenvalue weighted by molar-refractivity contribution is 7.99. The van der Waals surface area contributed by atoms with Gasteiger partial charge >= 0.3 is 0 Å². The lowest BCUT2D eigenvalue weighted by molar-refractivity contribution is 0.0625. The predicted molar refractivity (Wildman–Crippen MR) is 98.3 cm³/mol. The number of nitriles is 1. The van der Waals surface area contributed by atoms with Crippen LogP contribution in [-0.4, -0.2) is 47.6 Å². The smallest absolute Gasteiger partial charge is 0.255 e. The molecule has 3 rings (SSSR count). The van der Waals surface area contributed by atoms with Crippen LogP contribution in [-0.2, 0) is 6.54 Å². The fourth-order valence-electron chi connectivity index (χ4n) is 2.80. The van der Waals surface area contributed by atoms with E-state index in [2.05, 4.69) is 27.8 Å². The van der Waals surface area contributed by atoms with E-state index >= 15 is 0 Å². The van der Waals surface area contributed by atoms with E-state index in [1.54, 1.807) is 11.3 Å². The van der Waals surface area contributed by atoms with Gasteiger partial charge in [0.1, 0.15) is 0 Å². The minimum Gasteiger partial charge on any atom is -0.336 e. The zero-order valence-electron chi connectivity index (χ0n) is 13.4. The summed E-state index contributed by atoms with van der Waals surface area (Å²) in [5, 5.41) is 13.1. The second-order valence-corrected chi connectivity index (χ2v) is 7.44. The Kier molecular flexibility index (Phi) is 5.91. The Balaban J connectivity index is 1.60. The maximum atomic E-state index is 12.8. The molecule has 6 heteroatoms. The largest absolute Gasteiger partial charge is 0.336 e. The van der Waals surface area contributed by atoms with Crippen molar-refractivity contribution < 1.29 is 4.79 Å². The van der Waals surface area contributed by atoms with Crippen LogP contribution in [0.3, 0.4) is 0 Å². The maximum absolute atomic E-state index is 12.8. The first-order valence-corrected chi connectivity index (χ1v) is 9.82. The number of carbonyl (C=O) groups is 1. The highest BCUT2D eigenvalue weighted by atomic mass is 32.2. The molecule has 0 saturated carbocycles. The van der Waals surface area contributed by atoms with Crippen molar-refractivity contribution in [3.8, 4) is 6.07 Å². The van der Waals surface area contributed by atoms with Crippen LogP contribution in [0.15, 0.2) is 46.0 Å². The Hall–Kier alpha value is -1.81. The fourth-order valence-corrected chi connectivity index (χ4v) is 4.16. The van der Waals surface area contributed by atoms with Crippen molar-refractivity contribution in [3.63, 3.8) is 0 Å². The zero-order valence-corrected chi connectivity index (χ0v) is 15.0. The third kappa shape index (κ3) is 4.18. The van der Waals surface area contributed by atoms with Crippen LogP contribution in [0.5, 0.6) is 0 Å². The van der Waals surface area contributed by atoms with Crippen LogP contribution >= 0.6 is 23.1 Å². The van der Waals surface area contributed by atoms with Crippen LogP contribution in [0.25, 0.3) is 0 Å². The molecule has 0 radical (unpaired) electrons. The molecule has 1 aliphatic heterocycles. The molecule has 0 unspecified atom stereocenters. The number of thioether (sulfide) groups is 1. The lowest BCUT2D eigenvalue weighted by atomic mass is 10.1. The van der Waals surface area contributed by atoms with Gasteiger partial charge in [-0.15, -0.1) is 11.8 Å². The van der Waals surface area contributed by atoms with Crippen LogP contribution in [0, 0.1) is 11.3 Å². The monoisotopic (exact) mass is 357 g/mol. The molecular formula is C18H19N3OS2. The molecule has 1 fully saturated rings. The number of rotatable bonds is 5. The van der Waals surface area contributed by atoms with E-state index in [-0.39, 0.29) is 5.91 Å². The topological polar surface area (TPSA) is 47.3 Å². The standard InChI is InChI=1S/C18H19N3OS2/c19-6-12-24-17-4-2-1-3-16(17)18(22)21-9-7-20(8-10-21)13-15-5-11-23-14-15/h1-5,11,14H,7-10,12-13H2. The first-order valence-electron chi connectivity index (χ1n) is 7.89. The number of amides is 1. The van der Waals surface area contributed by atoms with Crippen molar-refractivity contribution in [2.24, 2.45) is 0 Å². The SMILES string of the molecule is N#CCSc1ccccc1C(=O)N1CCN(Cc2ccsc2)CC1. The summed E-state index contributed by atoms with van der Waals surface area (Å²) in [7, 11) is 0. The Morgan fingerprint density at radius 1 is 1.21 bits per heavy atom. The lowest BCUT2D eigenvalue weighted by Gasteiger charge is -2.34. The summed E-state index contributed by atoms with van der Waals surface area (Å²) in [6.45, 7) is 4.25. The number of nitrogens with zero attached hydrogens (tertiary/aromatic N) is 3. The third-order valence-electron chi connectivity index (χ3n) is 4.06. The van der Waals surface area contributed by atoms with Gasteiger partial charge in [0.15, 0.2) is 0 Å². The Morgan fingerprint density at radius 2 is 2.00 bits per heavy atom. The molecule has 0 bridgehead atoms. The van der Waals surface area contributed by atoms with E-state index in [9.17, 15) is 4.79 Å². The molecule has 1 amide bonds. The first-order chi connectivity index (χ1) is 11.8. The van der Waals surface area contributed by atoms with E-state index in [0.29, 0.717) is 11.3 Å². The minimum absolute atomic E-state index is 0.0752. The molecule has 0 aliphatic carbocycles. The molecule has 1 saturated heterocycles. The van der Waals surface area contributed by atoms with E-state index in [0.717, 1.165) is 37.6 Å². The van der Waals surface area contributed by atoms with Crippen molar-refractivity contribution in [2.45, 2.75) is 11.4 Å². The average Bonchev–Trinajstić information content (AvgIpc) is 3.13. The lowest BCUT2D eigenvalue weighted by Crippen LogP contribution is -2.48. The van der Waals surface area contributed by atoms with Gasteiger partial charge in [-0.3, -0.25) is 9.69 Å². The van der Waals surface area contributed by atoms with Crippen LogP contribution in [0.2, 0.25) is 0 Å². The van der Waals surface area contributed by atoms with Gasteiger partial charge in [-0.2, -0.15) is 16.6 Å². The summed E-state index contributed by atoms with van der Waals surface area (Å²) >= 11 is 3.15. The second-order valence-electron chi connectivity index (χ2n) is 5.64. The summed E-state index contributed by atoms with van der Waals surface area (Å²) < 4.78 is 0. The number of carbonyl (C=O) groups excluding carboxylic acids is 1. The first kappa shape index (κ1) is 17.0. The Morgan fingerprint density at radius 3 is 2.71 bits per heavy atom. The van der Waals surface area contributed by atoms with Crippen LogP contribution < -0.4 is 0 Å². The number of benzene rings is 1. The molecule has 4 nitrogen and oxygen atoms in total. The minimum atomic E-state index is 0.0752. The molecule has 0 atom stereocenters. The van der Waals surface area contributed by atoms with E-state index in [1.165, 1.54) is 17.3 Å². The molecule has 0 N–H and O–H groups in total. The van der Waals surface area contributed by atoms with E-state index < -0.39 is 0 Å². The molecule has 0 spiro atoms. The molecule has 1 aliphatic rings. The van der Waals surface area contributed by atoms with E-state index in [4.69, 9.17) is 5.26 Å². The van der Waals surface area contributed by atoms with Crippen molar-refractivity contribution in [1.29, 1.82) is 5.26 Å². The zero-order chi connectivity index (χ0) is 16.8. The van der Waals surface area contributed by atoms with Crippen LogP contribution in [0.1, 0.15) is 15.9 Å². The molecular weight excluding hydrogens is 338 g/mol.